The Labute approximate surface area is 175 Å². The fourth-order valence-electron chi connectivity index (χ4n) is 3.50. The molecule has 0 radical (unpaired) electrons. The van der Waals surface area contributed by atoms with Gasteiger partial charge in [0, 0.05) is 45.7 Å². The zero-order chi connectivity index (χ0) is 20.9. The van der Waals surface area contributed by atoms with Crippen LogP contribution >= 0.6 is 0 Å². The van der Waals surface area contributed by atoms with Gasteiger partial charge in [-0.2, -0.15) is 0 Å². The van der Waals surface area contributed by atoms with Crippen molar-refractivity contribution in [1.82, 2.24) is 10.2 Å². The summed E-state index contributed by atoms with van der Waals surface area (Å²) in [6.45, 7) is 7.54. The number of ether oxygens (including phenoxy) is 2. The van der Waals surface area contributed by atoms with E-state index in [1.165, 1.54) is 7.11 Å². The summed E-state index contributed by atoms with van der Waals surface area (Å²) in [6, 6.07) is 8.19. The van der Waals surface area contributed by atoms with Crippen molar-refractivity contribution in [1.29, 1.82) is 0 Å². The van der Waals surface area contributed by atoms with Crippen molar-refractivity contribution < 1.29 is 14.3 Å². The number of hydrogen-bond acceptors (Lipinski definition) is 5. The van der Waals surface area contributed by atoms with E-state index in [4.69, 9.17) is 9.73 Å². The van der Waals surface area contributed by atoms with Crippen LogP contribution in [0.25, 0.3) is 0 Å². The van der Waals surface area contributed by atoms with Crippen LogP contribution in [0.1, 0.15) is 39.0 Å². The first-order chi connectivity index (χ1) is 14.2. The van der Waals surface area contributed by atoms with Crippen LogP contribution in [0.3, 0.4) is 0 Å². The van der Waals surface area contributed by atoms with E-state index in [-0.39, 0.29) is 5.97 Å². The Hall–Kier alpha value is -2.44. The topological polar surface area (TPSA) is 66.4 Å². The molecule has 1 fully saturated rings. The molecule has 0 unspecified atom stereocenters. The van der Waals surface area contributed by atoms with E-state index >= 15 is 0 Å². The number of methoxy groups -OCH3 is 2. The van der Waals surface area contributed by atoms with E-state index in [2.05, 4.69) is 38.9 Å². The van der Waals surface area contributed by atoms with Crippen LogP contribution < -0.4 is 15.0 Å². The number of hydrogen-bond donors (Lipinski definition) is 1. The molecule has 162 valence electrons. The molecule has 0 amide bonds. The molecule has 29 heavy (non-hydrogen) atoms. The van der Waals surface area contributed by atoms with Crippen LogP contribution in [0, 0.1) is 0 Å². The lowest BCUT2D eigenvalue weighted by molar-refractivity contribution is -0.140. The second-order valence-corrected chi connectivity index (χ2v) is 7.12. The number of guanidine groups is 1. The van der Waals surface area contributed by atoms with Crippen LogP contribution in [-0.4, -0.2) is 70.3 Å². The minimum absolute atomic E-state index is 0.121. The smallest absolute Gasteiger partial charge is 0.305 e. The van der Waals surface area contributed by atoms with Gasteiger partial charge >= 0.3 is 5.97 Å². The van der Waals surface area contributed by atoms with Gasteiger partial charge in [-0.05, 0) is 31.9 Å². The fraction of sp³-hybridized carbons (Fsp3) is 0.636. The van der Waals surface area contributed by atoms with Gasteiger partial charge < -0.3 is 24.6 Å². The highest BCUT2D eigenvalue weighted by atomic mass is 16.5. The normalized spacial score (nSPS) is 14.7. The molecular weight excluding hydrogens is 368 g/mol. The highest BCUT2D eigenvalue weighted by molar-refractivity contribution is 5.80. The van der Waals surface area contributed by atoms with Crippen molar-refractivity contribution in [3.63, 3.8) is 0 Å². The summed E-state index contributed by atoms with van der Waals surface area (Å²) in [5.74, 6) is 1.81. The molecule has 0 atom stereocenters. The second kappa shape index (κ2) is 12.9. The molecule has 1 heterocycles. The number of carbonyl (C=O) groups is 1. The monoisotopic (exact) mass is 404 g/mol. The fourth-order valence-corrected chi connectivity index (χ4v) is 3.50. The largest absolute Gasteiger partial charge is 0.495 e. The number of piperazine rings is 1. The van der Waals surface area contributed by atoms with Crippen molar-refractivity contribution in [3.8, 4) is 5.75 Å². The third-order valence-electron chi connectivity index (χ3n) is 5.12. The third-order valence-corrected chi connectivity index (χ3v) is 5.12. The Morgan fingerprint density at radius 1 is 1.07 bits per heavy atom. The first kappa shape index (κ1) is 22.8. The molecule has 0 aliphatic carbocycles. The molecule has 1 aromatic rings. The molecule has 1 aliphatic heterocycles. The first-order valence-electron chi connectivity index (χ1n) is 10.7. The van der Waals surface area contributed by atoms with Crippen molar-refractivity contribution in [3.05, 3.63) is 24.3 Å². The van der Waals surface area contributed by atoms with Crippen LogP contribution in [0.4, 0.5) is 5.69 Å². The molecule has 0 spiro atoms. The number of unbranched alkanes of at least 4 members (excludes halogenated alkanes) is 3. The van der Waals surface area contributed by atoms with Crippen LogP contribution in [0.15, 0.2) is 29.3 Å². The minimum Gasteiger partial charge on any atom is -0.495 e. The number of esters is 1. The van der Waals surface area contributed by atoms with Gasteiger partial charge in [0.25, 0.3) is 0 Å². The van der Waals surface area contributed by atoms with Crippen LogP contribution in [0.5, 0.6) is 5.75 Å². The van der Waals surface area contributed by atoms with Gasteiger partial charge in [-0.3, -0.25) is 9.79 Å². The van der Waals surface area contributed by atoms with E-state index < -0.39 is 0 Å². The number of nitrogens with one attached hydrogen (secondary N) is 1. The van der Waals surface area contributed by atoms with Gasteiger partial charge in [0.15, 0.2) is 5.96 Å². The van der Waals surface area contributed by atoms with Gasteiger partial charge in [0.2, 0.25) is 0 Å². The first-order valence-corrected chi connectivity index (χ1v) is 10.7. The maximum Gasteiger partial charge on any atom is 0.305 e. The van der Waals surface area contributed by atoms with Crippen molar-refractivity contribution in [2.45, 2.75) is 39.0 Å². The van der Waals surface area contributed by atoms with Crippen molar-refractivity contribution >= 4 is 17.6 Å². The summed E-state index contributed by atoms with van der Waals surface area (Å²) < 4.78 is 10.2. The van der Waals surface area contributed by atoms with E-state index in [1.54, 1.807) is 7.11 Å². The predicted molar refractivity (Wildman–Crippen MR) is 118 cm³/mol. The summed E-state index contributed by atoms with van der Waals surface area (Å²) in [7, 11) is 3.16. The summed E-state index contributed by atoms with van der Waals surface area (Å²) in [5.41, 5.74) is 1.16. The molecule has 1 saturated heterocycles. The lowest BCUT2D eigenvalue weighted by Gasteiger charge is -2.38. The number of anilines is 1. The summed E-state index contributed by atoms with van der Waals surface area (Å²) in [4.78, 5) is 20.6. The van der Waals surface area contributed by atoms with E-state index in [9.17, 15) is 4.79 Å². The summed E-state index contributed by atoms with van der Waals surface area (Å²) in [6.07, 6.45) is 4.57. The molecule has 1 aromatic carbocycles. The number of rotatable bonds is 10. The summed E-state index contributed by atoms with van der Waals surface area (Å²) in [5, 5.41) is 3.43. The second-order valence-electron chi connectivity index (χ2n) is 7.12. The number of para-hydroxylation sites is 2. The Balaban J connectivity index is 1.78. The van der Waals surface area contributed by atoms with Crippen LogP contribution in [0.2, 0.25) is 0 Å². The van der Waals surface area contributed by atoms with Crippen LogP contribution in [-0.2, 0) is 9.53 Å². The van der Waals surface area contributed by atoms with Crippen molar-refractivity contribution in [2.75, 3.05) is 58.4 Å². The van der Waals surface area contributed by atoms with Crippen molar-refractivity contribution in [2.24, 2.45) is 4.99 Å². The SMILES string of the molecule is CCNC(=NCCCCCCC(=O)OC)N1CCN(c2ccccc2OC)CC1. The predicted octanol–water partition coefficient (Wildman–Crippen LogP) is 2.91. The minimum atomic E-state index is -0.121. The number of benzene rings is 1. The maximum absolute atomic E-state index is 11.1. The van der Waals surface area contributed by atoms with Gasteiger partial charge in [-0.25, -0.2) is 0 Å². The van der Waals surface area contributed by atoms with E-state index in [0.717, 1.165) is 82.3 Å². The zero-order valence-corrected chi connectivity index (χ0v) is 18.2. The Kier molecular flexibility index (Phi) is 10.2. The maximum atomic E-state index is 11.1. The molecule has 0 aromatic heterocycles. The van der Waals surface area contributed by atoms with Gasteiger partial charge in [0.05, 0.1) is 19.9 Å². The molecule has 1 N–H and O–H groups in total. The molecule has 7 nitrogen and oxygen atoms in total. The molecule has 1 aliphatic rings. The molecule has 0 bridgehead atoms. The average molecular weight is 405 g/mol. The molecule has 0 saturated carbocycles. The zero-order valence-electron chi connectivity index (χ0n) is 18.2. The van der Waals surface area contributed by atoms with E-state index in [1.807, 2.05) is 12.1 Å². The highest BCUT2D eigenvalue weighted by Crippen LogP contribution is 2.28. The van der Waals surface area contributed by atoms with E-state index in [0.29, 0.717) is 6.42 Å². The lowest BCUT2D eigenvalue weighted by atomic mass is 10.1. The highest BCUT2D eigenvalue weighted by Gasteiger charge is 2.21. The van der Waals surface area contributed by atoms with Gasteiger partial charge in [-0.15, -0.1) is 0 Å². The average Bonchev–Trinajstić information content (AvgIpc) is 2.77. The number of carbonyl (C=O) groups excluding carboxylic acids is 1. The Morgan fingerprint density at radius 2 is 1.79 bits per heavy atom. The lowest BCUT2D eigenvalue weighted by Crippen LogP contribution is -2.52. The molecular formula is C22H36N4O3. The molecule has 7 heteroatoms. The third kappa shape index (κ3) is 7.48. The Morgan fingerprint density at radius 3 is 2.48 bits per heavy atom. The van der Waals surface area contributed by atoms with Gasteiger partial charge in [-0.1, -0.05) is 25.0 Å². The van der Waals surface area contributed by atoms with Gasteiger partial charge in [0.1, 0.15) is 5.75 Å². The summed E-state index contributed by atoms with van der Waals surface area (Å²) >= 11 is 0. The number of nitrogens with zero attached hydrogens (tertiary/aromatic N) is 3. The standard InChI is InChI=1S/C22H36N4O3/c1-4-23-22(24-14-10-6-5-7-13-21(27)29-3)26-17-15-25(16-18-26)19-11-8-9-12-20(19)28-2/h8-9,11-12H,4-7,10,13-18H2,1-3H3,(H,23,24). The molecule has 2 rings (SSSR count). The number of aliphatic imine (C=N–C) groups is 1. The quantitative estimate of drug-likeness (QED) is 0.280. The Bertz CT molecular complexity index is 643.